The van der Waals surface area contributed by atoms with Crippen LogP contribution in [-0.2, 0) is 9.53 Å². The second-order valence-electron chi connectivity index (χ2n) is 4.32. The van der Waals surface area contributed by atoms with Crippen LogP contribution in [0, 0.1) is 6.92 Å². The highest BCUT2D eigenvalue weighted by atomic mass is 16.5. The summed E-state index contributed by atoms with van der Waals surface area (Å²) in [4.78, 5) is 12.8. The Labute approximate surface area is 106 Å². The average molecular weight is 247 g/mol. The molecule has 0 amide bonds. The second-order valence-corrected chi connectivity index (χ2v) is 4.32. The van der Waals surface area contributed by atoms with Crippen LogP contribution in [0.5, 0.6) is 0 Å². The first-order valence-corrected chi connectivity index (χ1v) is 6.01. The van der Waals surface area contributed by atoms with Gasteiger partial charge in [-0.25, -0.2) is 4.79 Å². The molecule has 1 saturated heterocycles. The molecule has 0 aliphatic carbocycles. The molecule has 0 aromatic heterocycles. The van der Waals surface area contributed by atoms with Gasteiger partial charge in [0.2, 0.25) is 0 Å². The van der Waals surface area contributed by atoms with E-state index in [1.54, 1.807) is 6.08 Å². The third-order valence-corrected chi connectivity index (χ3v) is 2.99. The first-order chi connectivity index (χ1) is 8.66. The SMILES string of the molecule is Cc1cc(/C=C/C(=O)O)ccc1N1CCOCC1. The number of carboxylic acids is 1. The van der Waals surface area contributed by atoms with Crippen LogP contribution in [0.3, 0.4) is 0 Å². The molecule has 96 valence electrons. The highest BCUT2D eigenvalue weighted by Gasteiger charge is 2.12. The zero-order valence-electron chi connectivity index (χ0n) is 10.4. The normalized spacial score (nSPS) is 16.2. The summed E-state index contributed by atoms with van der Waals surface area (Å²) in [5.41, 5.74) is 3.27. The summed E-state index contributed by atoms with van der Waals surface area (Å²) in [6.45, 7) is 5.39. The van der Waals surface area contributed by atoms with Gasteiger partial charge in [0.1, 0.15) is 0 Å². The van der Waals surface area contributed by atoms with Crippen molar-refractivity contribution in [1.82, 2.24) is 0 Å². The highest BCUT2D eigenvalue weighted by molar-refractivity contribution is 5.85. The topological polar surface area (TPSA) is 49.8 Å². The van der Waals surface area contributed by atoms with Crippen LogP contribution < -0.4 is 4.90 Å². The number of carboxylic acid groups (broad SMARTS) is 1. The Balaban J connectivity index is 2.16. The molecular formula is C14H17NO3. The van der Waals surface area contributed by atoms with Crippen LogP contribution in [0.25, 0.3) is 6.08 Å². The predicted molar refractivity (Wildman–Crippen MR) is 70.9 cm³/mol. The van der Waals surface area contributed by atoms with Gasteiger partial charge in [-0.05, 0) is 36.3 Å². The monoisotopic (exact) mass is 247 g/mol. The van der Waals surface area contributed by atoms with Gasteiger partial charge in [-0.2, -0.15) is 0 Å². The molecule has 4 nitrogen and oxygen atoms in total. The number of carbonyl (C=O) groups is 1. The molecule has 1 aliphatic rings. The van der Waals surface area contributed by atoms with E-state index in [0.717, 1.165) is 43.5 Å². The van der Waals surface area contributed by atoms with Crippen molar-refractivity contribution in [2.24, 2.45) is 0 Å². The summed E-state index contributed by atoms with van der Waals surface area (Å²) in [6, 6.07) is 5.99. The second kappa shape index (κ2) is 5.69. The zero-order chi connectivity index (χ0) is 13.0. The summed E-state index contributed by atoms with van der Waals surface area (Å²) in [5, 5.41) is 8.59. The fourth-order valence-electron chi connectivity index (χ4n) is 2.11. The van der Waals surface area contributed by atoms with E-state index in [9.17, 15) is 4.79 Å². The Kier molecular flexibility index (Phi) is 3.99. The average Bonchev–Trinajstić information content (AvgIpc) is 2.37. The minimum atomic E-state index is -0.926. The first-order valence-electron chi connectivity index (χ1n) is 6.01. The first kappa shape index (κ1) is 12.6. The lowest BCUT2D eigenvalue weighted by Crippen LogP contribution is -2.36. The highest BCUT2D eigenvalue weighted by Crippen LogP contribution is 2.22. The molecule has 0 atom stereocenters. The van der Waals surface area contributed by atoms with Gasteiger partial charge >= 0.3 is 5.97 Å². The van der Waals surface area contributed by atoms with Gasteiger partial charge in [0.15, 0.2) is 0 Å². The van der Waals surface area contributed by atoms with Crippen LogP contribution in [0.1, 0.15) is 11.1 Å². The molecule has 0 bridgehead atoms. The Morgan fingerprint density at radius 3 is 2.72 bits per heavy atom. The molecule has 1 aromatic carbocycles. The summed E-state index contributed by atoms with van der Waals surface area (Å²) in [7, 11) is 0. The molecule has 1 fully saturated rings. The lowest BCUT2D eigenvalue weighted by molar-refractivity contribution is -0.131. The maximum atomic E-state index is 10.5. The van der Waals surface area contributed by atoms with Crippen molar-refractivity contribution >= 4 is 17.7 Å². The number of rotatable bonds is 3. The van der Waals surface area contributed by atoms with Crippen LogP contribution in [0.4, 0.5) is 5.69 Å². The molecule has 0 saturated carbocycles. The van der Waals surface area contributed by atoms with Gasteiger partial charge in [0.25, 0.3) is 0 Å². The third kappa shape index (κ3) is 3.11. The quantitative estimate of drug-likeness (QED) is 0.829. The van der Waals surface area contributed by atoms with Crippen LogP contribution in [0.2, 0.25) is 0 Å². The molecule has 1 N–H and O–H groups in total. The molecule has 18 heavy (non-hydrogen) atoms. The van der Waals surface area contributed by atoms with Crippen molar-refractivity contribution in [3.8, 4) is 0 Å². The van der Waals surface area contributed by atoms with Crippen molar-refractivity contribution in [2.75, 3.05) is 31.2 Å². The van der Waals surface area contributed by atoms with Gasteiger partial charge in [-0.15, -0.1) is 0 Å². The van der Waals surface area contributed by atoms with Gasteiger partial charge in [0.05, 0.1) is 13.2 Å². The van der Waals surface area contributed by atoms with Crippen molar-refractivity contribution < 1.29 is 14.6 Å². The maximum absolute atomic E-state index is 10.5. The van der Waals surface area contributed by atoms with Crippen molar-refractivity contribution in [2.45, 2.75) is 6.92 Å². The zero-order valence-corrected chi connectivity index (χ0v) is 10.4. The van der Waals surface area contributed by atoms with E-state index in [1.165, 1.54) is 5.69 Å². The van der Waals surface area contributed by atoms with Crippen molar-refractivity contribution in [3.63, 3.8) is 0 Å². The van der Waals surface area contributed by atoms with Gasteiger partial charge in [-0.3, -0.25) is 0 Å². The van der Waals surface area contributed by atoms with Gasteiger partial charge < -0.3 is 14.7 Å². The molecule has 0 spiro atoms. The van der Waals surface area contributed by atoms with Crippen molar-refractivity contribution in [1.29, 1.82) is 0 Å². The van der Waals surface area contributed by atoms with E-state index in [0.29, 0.717) is 0 Å². The number of nitrogens with zero attached hydrogens (tertiary/aromatic N) is 1. The number of hydrogen-bond donors (Lipinski definition) is 1. The number of morpholine rings is 1. The molecule has 2 rings (SSSR count). The minimum Gasteiger partial charge on any atom is -0.478 e. The lowest BCUT2D eigenvalue weighted by Gasteiger charge is -2.30. The minimum absolute atomic E-state index is 0.764. The van der Waals surface area contributed by atoms with Crippen LogP contribution in [-0.4, -0.2) is 37.4 Å². The molecule has 4 heteroatoms. The Hall–Kier alpha value is -1.81. The maximum Gasteiger partial charge on any atom is 0.328 e. The van der Waals surface area contributed by atoms with E-state index in [1.807, 2.05) is 25.1 Å². The number of anilines is 1. The number of aliphatic carboxylic acids is 1. The molecule has 0 radical (unpaired) electrons. The largest absolute Gasteiger partial charge is 0.478 e. The van der Waals surface area contributed by atoms with Crippen molar-refractivity contribution in [3.05, 3.63) is 35.4 Å². The fourth-order valence-corrected chi connectivity index (χ4v) is 2.11. The van der Waals surface area contributed by atoms with E-state index in [-0.39, 0.29) is 0 Å². The summed E-state index contributed by atoms with van der Waals surface area (Å²) in [6.07, 6.45) is 2.77. The van der Waals surface area contributed by atoms with Crippen LogP contribution >= 0.6 is 0 Å². The standard InChI is InChI=1S/C14H17NO3/c1-11-10-12(3-5-14(16)17)2-4-13(11)15-6-8-18-9-7-15/h2-5,10H,6-9H2,1H3,(H,16,17)/b5-3+. The summed E-state index contributed by atoms with van der Waals surface area (Å²) in [5.74, 6) is -0.926. The summed E-state index contributed by atoms with van der Waals surface area (Å²) < 4.78 is 5.33. The Morgan fingerprint density at radius 2 is 2.11 bits per heavy atom. The molecule has 0 unspecified atom stereocenters. The fraction of sp³-hybridized carbons (Fsp3) is 0.357. The molecule has 1 heterocycles. The lowest BCUT2D eigenvalue weighted by atomic mass is 10.1. The van der Waals surface area contributed by atoms with E-state index < -0.39 is 5.97 Å². The van der Waals surface area contributed by atoms with Crippen LogP contribution in [0.15, 0.2) is 24.3 Å². The number of aryl methyl sites for hydroxylation is 1. The van der Waals surface area contributed by atoms with E-state index in [4.69, 9.17) is 9.84 Å². The Morgan fingerprint density at radius 1 is 1.39 bits per heavy atom. The number of hydrogen-bond acceptors (Lipinski definition) is 3. The molecular weight excluding hydrogens is 230 g/mol. The number of ether oxygens (including phenoxy) is 1. The molecule has 1 aromatic rings. The predicted octanol–water partition coefficient (Wildman–Crippen LogP) is 1.93. The van der Waals surface area contributed by atoms with E-state index in [2.05, 4.69) is 4.90 Å². The smallest absolute Gasteiger partial charge is 0.328 e. The third-order valence-electron chi connectivity index (χ3n) is 2.99. The van der Waals surface area contributed by atoms with Gasteiger partial charge in [-0.1, -0.05) is 6.07 Å². The molecule has 1 aliphatic heterocycles. The van der Waals surface area contributed by atoms with E-state index >= 15 is 0 Å². The van der Waals surface area contributed by atoms with Gasteiger partial charge in [0, 0.05) is 24.9 Å². The summed E-state index contributed by atoms with van der Waals surface area (Å²) >= 11 is 0. The number of benzene rings is 1. The Bertz CT molecular complexity index is 462.